The summed E-state index contributed by atoms with van der Waals surface area (Å²) in [5.74, 6) is -0.116. The van der Waals surface area contributed by atoms with Crippen LogP contribution in [-0.2, 0) is 19.7 Å². The van der Waals surface area contributed by atoms with E-state index in [1.807, 2.05) is 60.7 Å². The Morgan fingerprint density at radius 3 is 2.04 bits per heavy atom. The molecule has 0 amide bonds. The number of carboxylic acid groups (broad SMARTS) is 1. The van der Waals surface area contributed by atoms with Gasteiger partial charge in [0.25, 0.3) is 0 Å². The Hall–Kier alpha value is -2.53. The van der Waals surface area contributed by atoms with Crippen molar-refractivity contribution < 1.29 is 14.6 Å². The molecule has 2 N–H and O–H groups in total. The normalized spacial score (nSPS) is 10.2. The van der Waals surface area contributed by atoms with Crippen LogP contribution in [0.5, 0.6) is 5.75 Å². The van der Waals surface area contributed by atoms with Crippen LogP contribution in [0.1, 0.15) is 27.0 Å². The Morgan fingerprint density at radius 1 is 0.893 bits per heavy atom. The first-order valence-corrected chi connectivity index (χ1v) is 8.98. The van der Waals surface area contributed by atoms with Gasteiger partial charge in [-0.2, -0.15) is 0 Å². The number of halogens is 2. The van der Waals surface area contributed by atoms with E-state index in [9.17, 15) is 4.79 Å². The summed E-state index contributed by atoms with van der Waals surface area (Å²) in [5.41, 5.74) is 3.44. The number of aromatic carboxylic acids is 1. The Kier molecular flexibility index (Phi) is 8.33. The standard InChI is InChI=1S/C22H20ClNO3.ClH/c23-21-4-2-1-3-19(21)15-27-20-11-7-17(8-12-20)14-24-13-16-5-9-18(10-6-16)22(25)26;/h1-12,24H,13-15H2,(H,25,26);1H. The van der Waals surface area contributed by atoms with Crippen molar-refractivity contribution in [1.29, 1.82) is 0 Å². The summed E-state index contributed by atoms with van der Waals surface area (Å²) in [6, 6.07) is 22.4. The van der Waals surface area contributed by atoms with E-state index in [0.717, 1.165) is 22.4 Å². The van der Waals surface area contributed by atoms with Crippen LogP contribution >= 0.6 is 24.0 Å². The molecule has 0 spiro atoms. The molecule has 146 valence electrons. The highest BCUT2D eigenvalue weighted by atomic mass is 35.5. The van der Waals surface area contributed by atoms with E-state index in [-0.39, 0.29) is 12.4 Å². The number of carbonyl (C=O) groups is 1. The minimum Gasteiger partial charge on any atom is -0.489 e. The summed E-state index contributed by atoms with van der Waals surface area (Å²) >= 11 is 6.13. The molecule has 0 atom stereocenters. The maximum Gasteiger partial charge on any atom is 0.335 e. The SMILES string of the molecule is Cl.O=C(O)c1ccc(CNCc2ccc(OCc3ccccc3Cl)cc2)cc1. The van der Waals surface area contributed by atoms with Gasteiger partial charge in [-0.25, -0.2) is 4.79 Å². The van der Waals surface area contributed by atoms with Gasteiger partial charge in [-0.3, -0.25) is 0 Å². The van der Waals surface area contributed by atoms with Gasteiger partial charge in [-0.15, -0.1) is 12.4 Å². The molecule has 0 bridgehead atoms. The Bertz CT molecular complexity index is 896. The maximum absolute atomic E-state index is 10.9. The van der Waals surface area contributed by atoms with Crippen LogP contribution in [0.2, 0.25) is 5.02 Å². The van der Waals surface area contributed by atoms with Crippen LogP contribution in [0.25, 0.3) is 0 Å². The van der Waals surface area contributed by atoms with Gasteiger partial charge in [0.2, 0.25) is 0 Å². The van der Waals surface area contributed by atoms with E-state index in [1.165, 1.54) is 0 Å². The quantitative estimate of drug-likeness (QED) is 0.519. The molecule has 0 aliphatic rings. The Balaban J connectivity index is 0.00000280. The third kappa shape index (κ3) is 6.27. The lowest BCUT2D eigenvalue weighted by atomic mass is 10.1. The van der Waals surface area contributed by atoms with Crippen molar-refractivity contribution in [2.24, 2.45) is 0 Å². The summed E-state index contributed by atoms with van der Waals surface area (Å²) in [6.45, 7) is 1.82. The Labute approximate surface area is 175 Å². The molecule has 3 aromatic rings. The summed E-state index contributed by atoms with van der Waals surface area (Å²) in [4.78, 5) is 10.9. The number of ether oxygens (including phenoxy) is 1. The molecule has 3 aromatic carbocycles. The van der Waals surface area contributed by atoms with Crippen molar-refractivity contribution in [2.45, 2.75) is 19.7 Å². The maximum atomic E-state index is 10.9. The van der Waals surface area contributed by atoms with Crippen LogP contribution in [0, 0.1) is 0 Å². The van der Waals surface area contributed by atoms with Gasteiger partial charge in [0.05, 0.1) is 5.56 Å². The van der Waals surface area contributed by atoms with Crippen LogP contribution in [-0.4, -0.2) is 11.1 Å². The third-order valence-electron chi connectivity index (χ3n) is 4.13. The zero-order valence-electron chi connectivity index (χ0n) is 15.1. The molecule has 6 heteroatoms. The van der Waals surface area contributed by atoms with Crippen molar-refractivity contribution in [2.75, 3.05) is 0 Å². The molecular formula is C22H21Cl2NO3. The van der Waals surface area contributed by atoms with E-state index < -0.39 is 5.97 Å². The monoisotopic (exact) mass is 417 g/mol. The molecule has 0 aliphatic heterocycles. The second kappa shape index (κ2) is 10.7. The lowest BCUT2D eigenvalue weighted by Crippen LogP contribution is -2.12. The smallest absolute Gasteiger partial charge is 0.335 e. The predicted molar refractivity (Wildman–Crippen MR) is 113 cm³/mol. The number of hydrogen-bond donors (Lipinski definition) is 2. The van der Waals surface area contributed by atoms with Crippen molar-refractivity contribution in [3.8, 4) is 5.75 Å². The number of rotatable bonds is 8. The average molecular weight is 418 g/mol. The van der Waals surface area contributed by atoms with Gasteiger partial charge in [0.15, 0.2) is 0 Å². The van der Waals surface area contributed by atoms with E-state index >= 15 is 0 Å². The first-order chi connectivity index (χ1) is 13.1. The van der Waals surface area contributed by atoms with Gasteiger partial charge in [-0.05, 0) is 41.5 Å². The highest BCUT2D eigenvalue weighted by Crippen LogP contribution is 2.19. The van der Waals surface area contributed by atoms with Gasteiger partial charge in [0, 0.05) is 23.7 Å². The first kappa shape index (κ1) is 21.8. The molecule has 0 radical (unpaired) electrons. The highest BCUT2D eigenvalue weighted by molar-refractivity contribution is 6.31. The van der Waals surface area contributed by atoms with Crippen molar-refractivity contribution in [1.82, 2.24) is 5.32 Å². The van der Waals surface area contributed by atoms with Crippen LogP contribution < -0.4 is 10.1 Å². The zero-order chi connectivity index (χ0) is 19.1. The fourth-order valence-electron chi connectivity index (χ4n) is 2.60. The molecule has 0 fully saturated rings. The number of benzene rings is 3. The minimum atomic E-state index is -0.911. The number of nitrogens with one attached hydrogen (secondary N) is 1. The molecular weight excluding hydrogens is 397 g/mol. The molecule has 0 aliphatic carbocycles. The summed E-state index contributed by atoms with van der Waals surface area (Å²) < 4.78 is 5.78. The largest absolute Gasteiger partial charge is 0.489 e. The minimum absolute atomic E-state index is 0. The fourth-order valence-corrected chi connectivity index (χ4v) is 2.79. The molecule has 0 unspecified atom stereocenters. The summed E-state index contributed by atoms with van der Waals surface area (Å²) in [5, 5.41) is 13.0. The molecule has 0 heterocycles. The molecule has 0 aromatic heterocycles. The van der Waals surface area contributed by atoms with Gasteiger partial charge >= 0.3 is 5.97 Å². The Morgan fingerprint density at radius 2 is 1.46 bits per heavy atom. The second-order valence-electron chi connectivity index (χ2n) is 6.13. The predicted octanol–water partition coefficient (Wildman–Crippen LogP) is 5.33. The number of hydrogen-bond acceptors (Lipinski definition) is 3. The van der Waals surface area contributed by atoms with Crippen molar-refractivity contribution in [3.05, 3.63) is 100 Å². The van der Waals surface area contributed by atoms with Crippen molar-refractivity contribution >= 4 is 30.0 Å². The lowest BCUT2D eigenvalue weighted by Gasteiger charge is -2.09. The van der Waals surface area contributed by atoms with E-state index in [0.29, 0.717) is 30.3 Å². The third-order valence-corrected chi connectivity index (χ3v) is 4.50. The molecule has 4 nitrogen and oxygen atoms in total. The zero-order valence-corrected chi connectivity index (χ0v) is 16.7. The molecule has 3 rings (SSSR count). The van der Waals surface area contributed by atoms with E-state index in [1.54, 1.807) is 12.1 Å². The van der Waals surface area contributed by atoms with Gasteiger partial charge in [0.1, 0.15) is 12.4 Å². The highest BCUT2D eigenvalue weighted by Gasteiger charge is 2.03. The van der Waals surface area contributed by atoms with E-state index in [2.05, 4.69) is 5.32 Å². The fraction of sp³-hybridized carbons (Fsp3) is 0.136. The molecule has 28 heavy (non-hydrogen) atoms. The van der Waals surface area contributed by atoms with Gasteiger partial charge in [-0.1, -0.05) is 54.1 Å². The number of carboxylic acids is 1. The topological polar surface area (TPSA) is 58.6 Å². The lowest BCUT2D eigenvalue weighted by molar-refractivity contribution is 0.0697. The van der Waals surface area contributed by atoms with E-state index in [4.69, 9.17) is 21.4 Å². The van der Waals surface area contributed by atoms with Gasteiger partial charge < -0.3 is 15.2 Å². The van der Waals surface area contributed by atoms with Crippen LogP contribution in [0.3, 0.4) is 0 Å². The second-order valence-corrected chi connectivity index (χ2v) is 6.54. The summed E-state index contributed by atoms with van der Waals surface area (Å²) in [7, 11) is 0. The average Bonchev–Trinajstić information content (AvgIpc) is 2.69. The first-order valence-electron chi connectivity index (χ1n) is 8.60. The van der Waals surface area contributed by atoms with Crippen LogP contribution in [0.4, 0.5) is 0 Å². The van der Waals surface area contributed by atoms with Crippen molar-refractivity contribution in [3.63, 3.8) is 0 Å². The molecule has 0 saturated carbocycles. The molecule has 0 saturated heterocycles. The van der Waals surface area contributed by atoms with Crippen LogP contribution in [0.15, 0.2) is 72.8 Å². The summed E-state index contributed by atoms with van der Waals surface area (Å²) in [6.07, 6.45) is 0.